The third-order valence-electron chi connectivity index (χ3n) is 2.39. The molecule has 2 heterocycles. The minimum absolute atomic E-state index is 0.00338. The van der Waals surface area contributed by atoms with Crippen LogP contribution in [0.25, 0.3) is 5.82 Å². The molecule has 9 nitrogen and oxygen atoms in total. The van der Waals surface area contributed by atoms with Crippen molar-refractivity contribution in [2.75, 3.05) is 0 Å². The van der Waals surface area contributed by atoms with Gasteiger partial charge >= 0.3 is 0 Å². The Bertz CT molecular complexity index is 832. The first-order valence-electron chi connectivity index (χ1n) is 5.04. The summed E-state index contributed by atoms with van der Waals surface area (Å²) < 4.78 is 1.14. The van der Waals surface area contributed by atoms with Crippen LogP contribution in [-0.4, -0.2) is 19.5 Å². The van der Waals surface area contributed by atoms with Crippen molar-refractivity contribution in [3.63, 3.8) is 0 Å². The lowest BCUT2D eigenvalue weighted by atomic mass is 10.2. The van der Waals surface area contributed by atoms with E-state index in [4.69, 9.17) is 15.8 Å². The second kappa shape index (κ2) is 4.84. The average Bonchev–Trinajstić information content (AvgIpc) is 2.88. The third kappa shape index (κ3) is 1.90. The molecule has 2 aromatic heterocycles. The van der Waals surface area contributed by atoms with Gasteiger partial charge in [-0.3, -0.25) is 14.7 Å². The molecule has 0 atom stereocenters. The van der Waals surface area contributed by atoms with E-state index in [1.54, 1.807) is 18.2 Å². The van der Waals surface area contributed by atoms with Crippen LogP contribution >= 0.6 is 0 Å². The van der Waals surface area contributed by atoms with E-state index in [1.165, 1.54) is 0 Å². The van der Waals surface area contributed by atoms with Crippen LogP contribution in [0, 0.1) is 44.1 Å². The second-order valence-electron chi connectivity index (χ2n) is 3.47. The number of nitriles is 3. The molecule has 0 radical (unpaired) electrons. The second-order valence-corrected chi connectivity index (χ2v) is 3.47. The highest BCUT2D eigenvalue weighted by Gasteiger charge is 2.18. The fraction of sp³-hybridized carbons (Fsp3) is 0. The molecule has 0 fully saturated rings. The molecule has 0 aromatic carbocycles. The summed E-state index contributed by atoms with van der Waals surface area (Å²) in [6, 6.07) is 6.30. The standard InChI is InChI=1S/C11H3N7O2/c12-2-7-1-8(18(19)20)5-15-11(7)17-6-16-9(3-13)10(17)4-14/h1,5-6H. The van der Waals surface area contributed by atoms with Crippen LogP contribution in [0.2, 0.25) is 0 Å². The van der Waals surface area contributed by atoms with Crippen molar-refractivity contribution >= 4 is 5.69 Å². The van der Waals surface area contributed by atoms with E-state index in [0.717, 1.165) is 23.2 Å². The van der Waals surface area contributed by atoms with Crippen LogP contribution in [0.4, 0.5) is 5.69 Å². The molecule has 20 heavy (non-hydrogen) atoms. The first-order chi connectivity index (χ1) is 9.62. The summed E-state index contributed by atoms with van der Waals surface area (Å²) in [7, 11) is 0. The van der Waals surface area contributed by atoms with Crippen molar-refractivity contribution in [2.45, 2.75) is 0 Å². The Labute approximate surface area is 111 Å². The Balaban J connectivity index is 2.69. The molecule has 0 aliphatic rings. The molecule has 0 aliphatic heterocycles. The zero-order chi connectivity index (χ0) is 14.7. The fourth-order valence-corrected chi connectivity index (χ4v) is 1.52. The van der Waals surface area contributed by atoms with Gasteiger partial charge in [-0.05, 0) is 0 Å². The number of pyridine rings is 1. The molecule has 9 heteroatoms. The van der Waals surface area contributed by atoms with Crippen molar-refractivity contribution in [1.29, 1.82) is 15.8 Å². The topological polar surface area (TPSA) is 145 Å². The molecule has 0 amide bonds. The Hall–Kier alpha value is -3.77. The van der Waals surface area contributed by atoms with Gasteiger partial charge in [0.2, 0.25) is 0 Å². The third-order valence-corrected chi connectivity index (χ3v) is 2.39. The Morgan fingerprint density at radius 2 is 1.95 bits per heavy atom. The van der Waals surface area contributed by atoms with Gasteiger partial charge in [-0.2, -0.15) is 15.8 Å². The van der Waals surface area contributed by atoms with Crippen LogP contribution in [0.3, 0.4) is 0 Å². The van der Waals surface area contributed by atoms with E-state index >= 15 is 0 Å². The van der Waals surface area contributed by atoms with E-state index in [1.807, 2.05) is 0 Å². The van der Waals surface area contributed by atoms with Crippen LogP contribution < -0.4 is 0 Å². The highest BCUT2D eigenvalue weighted by Crippen LogP contribution is 2.20. The fourth-order valence-electron chi connectivity index (χ4n) is 1.52. The number of hydrogen-bond acceptors (Lipinski definition) is 7. The zero-order valence-corrected chi connectivity index (χ0v) is 9.68. The first kappa shape index (κ1) is 12.7. The van der Waals surface area contributed by atoms with Gasteiger partial charge in [-0.1, -0.05) is 0 Å². The van der Waals surface area contributed by atoms with Crippen molar-refractivity contribution in [3.8, 4) is 24.0 Å². The molecular weight excluding hydrogens is 262 g/mol. The molecule has 2 aromatic rings. The largest absolute Gasteiger partial charge is 0.289 e. The van der Waals surface area contributed by atoms with Crippen LogP contribution in [0.1, 0.15) is 17.0 Å². The summed E-state index contributed by atoms with van der Waals surface area (Å²) in [5, 5.41) is 37.5. The molecule has 0 saturated heterocycles. The number of aromatic nitrogens is 3. The van der Waals surface area contributed by atoms with Crippen molar-refractivity contribution in [1.82, 2.24) is 14.5 Å². The maximum absolute atomic E-state index is 10.6. The maximum Gasteiger partial charge on any atom is 0.289 e. The maximum atomic E-state index is 10.6. The van der Waals surface area contributed by atoms with Gasteiger partial charge in [-0.15, -0.1) is 0 Å². The van der Waals surface area contributed by atoms with Gasteiger partial charge in [0.1, 0.15) is 36.3 Å². The summed E-state index contributed by atoms with van der Waals surface area (Å²) in [4.78, 5) is 17.5. The van der Waals surface area contributed by atoms with Crippen molar-refractivity contribution in [3.05, 3.63) is 45.7 Å². The number of imidazole rings is 1. The first-order valence-corrected chi connectivity index (χ1v) is 5.04. The summed E-state index contributed by atoms with van der Waals surface area (Å²) in [6.45, 7) is 0. The van der Waals surface area contributed by atoms with E-state index < -0.39 is 4.92 Å². The molecule has 94 valence electrons. The van der Waals surface area contributed by atoms with Gasteiger partial charge in [0.15, 0.2) is 17.2 Å². The molecule has 0 bridgehead atoms. The molecule has 0 unspecified atom stereocenters. The predicted octanol–water partition coefficient (Wildman–Crippen LogP) is 0.791. The average molecular weight is 265 g/mol. The summed E-state index contributed by atoms with van der Waals surface area (Å²) in [6.07, 6.45) is 2.12. The number of hydrogen-bond donors (Lipinski definition) is 0. The molecule has 2 rings (SSSR count). The van der Waals surface area contributed by atoms with Gasteiger partial charge in [0.05, 0.1) is 4.92 Å². The zero-order valence-electron chi connectivity index (χ0n) is 9.68. The SMILES string of the molecule is N#Cc1cc([N+](=O)[O-])cnc1-n1cnc(C#N)c1C#N. The Morgan fingerprint density at radius 3 is 2.50 bits per heavy atom. The lowest BCUT2D eigenvalue weighted by molar-refractivity contribution is -0.385. The number of nitrogens with zero attached hydrogens (tertiary/aromatic N) is 7. The minimum atomic E-state index is -0.683. The molecular formula is C11H3N7O2. The van der Waals surface area contributed by atoms with Gasteiger partial charge in [-0.25, -0.2) is 9.97 Å². The molecule has 0 aliphatic carbocycles. The summed E-state index contributed by atoms with van der Waals surface area (Å²) in [5.41, 5.74) is -0.649. The lowest BCUT2D eigenvalue weighted by Gasteiger charge is -2.04. The Kier molecular flexibility index (Phi) is 3.07. The molecule has 0 saturated carbocycles. The van der Waals surface area contributed by atoms with E-state index in [0.29, 0.717) is 0 Å². The van der Waals surface area contributed by atoms with E-state index in [9.17, 15) is 10.1 Å². The predicted molar refractivity (Wildman–Crippen MR) is 62.2 cm³/mol. The molecule has 0 spiro atoms. The number of nitro groups is 1. The lowest BCUT2D eigenvalue weighted by Crippen LogP contribution is -2.03. The normalized spacial score (nSPS) is 9.25. The summed E-state index contributed by atoms with van der Waals surface area (Å²) >= 11 is 0. The summed E-state index contributed by atoms with van der Waals surface area (Å²) in [5.74, 6) is 0.00338. The van der Waals surface area contributed by atoms with Crippen molar-refractivity contribution in [2.24, 2.45) is 0 Å². The van der Waals surface area contributed by atoms with Gasteiger partial charge in [0, 0.05) is 6.07 Å². The van der Waals surface area contributed by atoms with Gasteiger partial charge in [0.25, 0.3) is 5.69 Å². The van der Waals surface area contributed by atoms with Crippen molar-refractivity contribution < 1.29 is 4.92 Å². The monoisotopic (exact) mass is 265 g/mol. The van der Waals surface area contributed by atoms with Gasteiger partial charge < -0.3 is 0 Å². The molecule has 0 N–H and O–H groups in total. The van der Waals surface area contributed by atoms with E-state index in [2.05, 4.69) is 9.97 Å². The minimum Gasteiger partial charge on any atom is -0.272 e. The highest BCUT2D eigenvalue weighted by molar-refractivity contribution is 5.52. The Morgan fingerprint density at radius 1 is 1.20 bits per heavy atom. The number of rotatable bonds is 2. The van der Waals surface area contributed by atoms with Crippen LogP contribution in [-0.2, 0) is 0 Å². The van der Waals surface area contributed by atoms with E-state index in [-0.39, 0.29) is 28.5 Å². The highest BCUT2D eigenvalue weighted by atomic mass is 16.6. The smallest absolute Gasteiger partial charge is 0.272 e. The van der Waals surface area contributed by atoms with Crippen LogP contribution in [0.15, 0.2) is 18.6 Å². The van der Waals surface area contributed by atoms with Crippen LogP contribution in [0.5, 0.6) is 0 Å². The quantitative estimate of drug-likeness (QED) is 0.576.